The van der Waals surface area contributed by atoms with Gasteiger partial charge in [-0.05, 0) is 38.1 Å². The Kier molecular flexibility index (Phi) is 5.79. The Bertz CT molecular complexity index is 470. The van der Waals surface area contributed by atoms with E-state index in [0.29, 0.717) is 18.7 Å². The molecule has 0 radical (unpaired) electrons. The Morgan fingerprint density at radius 2 is 2.33 bits per heavy atom. The maximum atomic E-state index is 11.9. The monoisotopic (exact) mass is 293 g/mol. The number of ether oxygens (including phenoxy) is 1. The highest BCUT2D eigenvalue weighted by molar-refractivity contribution is 5.90. The number of aryl methyl sites for hydroxylation is 1. The first-order chi connectivity index (χ1) is 10.1. The fraction of sp³-hybridized carbons (Fsp3) is 0.750. The number of hydrogen-bond donors (Lipinski definition) is 1. The fourth-order valence-electron chi connectivity index (χ4n) is 3.19. The first kappa shape index (κ1) is 16.0. The lowest BCUT2D eigenvalue weighted by Gasteiger charge is -2.26. The number of aromatic nitrogens is 2. The van der Waals surface area contributed by atoms with Crippen molar-refractivity contribution in [3.8, 4) is 0 Å². The average molecular weight is 293 g/mol. The molecule has 0 saturated heterocycles. The molecule has 118 valence electrons. The quantitative estimate of drug-likeness (QED) is 0.819. The minimum absolute atomic E-state index is 0.284. The summed E-state index contributed by atoms with van der Waals surface area (Å²) in [5.41, 5.74) is 1.47. The van der Waals surface area contributed by atoms with Crippen LogP contribution in [0.25, 0.3) is 0 Å². The van der Waals surface area contributed by atoms with E-state index in [1.807, 2.05) is 14.0 Å². The first-order valence-electron chi connectivity index (χ1n) is 8.00. The second kappa shape index (κ2) is 7.59. The molecule has 0 bridgehead atoms. The maximum Gasteiger partial charge on any atom is 0.341 e. The summed E-state index contributed by atoms with van der Waals surface area (Å²) in [6, 6.07) is 0. The van der Waals surface area contributed by atoms with Gasteiger partial charge in [-0.3, -0.25) is 4.68 Å². The van der Waals surface area contributed by atoms with Crippen molar-refractivity contribution in [1.82, 2.24) is 15.1 Å². The van der Waals surface area contributed by atoms with Gasteiger partial charge in [0, 0.05) is 13.6 Å². The van der Waals surface area contributed by atoms with E-state index in [1.165, 1.54) is 25.7 Å². The molecule has 1 aromatic rings. The van der Waals surface area contributed by atoms with Crippen molar-refractivity contribution in [1.29, 1.82) is 0 Å². The number of carbonyl (C=O) groups excluding carboxylic acids is 1. The average Bonchev–Trinajstić information content (AvgIpc) is 2.81. The Balaban J connectivity index is 1.88. The predicted molar refractivity (Wildman–Crippen MR) is 82.0 cm³/mol. The van der Waals surface area contributed by atoms with Crippen LogP contribution in [0.1, 0.15) is 55.6 Å². The van der Waals surface area contributed by atoms with Crippen LogP contribution in [0.15, 0.2) is 6.20 Å². The molecule has 1 saturated carbocycles. The van der Waals surface area contributed by atoms with Gasteiger partial charge in [0.05, 0.1) is 18.5 Å². The highest BCUT2D eigenvalue weighted by atomic mass is 16.5. The minimum atomic E-state index is -0.284. The zero-order chi connectivity index (χ0) is 15.2. The zero-order valence-electron chi connectivity index (χ0n) is 13.4. The molecule has 5 nitrogen and oxygen atoms in total. The van der Waals surface area contributed by atoms with Crippen molar-refractivity contribution in [3.05, 3.63) is 17.5 Å². The van der Waals surface area contributed by atoms with Crippen molar-refractivity contribution < 1.29 is 9.53 Å². The molecule has 1 N–H and O–H groups in total. The molecule has 0 spiro atoms. The van der Waals surface area contributed by atoms with Gasteiger partial charge in [-0.15, -0.1) is 0 Å². The second-order valence-corrected chi connectivity index (χ2v) is 6.12. The molecule has 0 aromatic carbocycles. The summed E-state index contributed by atoms with van der Waals surface area (Å²) >= 11 is 0. The van der Waals surface area contributed by atoms with Gasteiger partial charge in [0.25, 0.3) is 0 Å². The molecule has 2 atom stereocenters. The van der Waals surface area contributed by atoms with E-state index in [1.54, 1.807) is 10.9 Å². The van der Waals surface area contributed by atoms with Crippen LogP contribution < -0.4 is 5.32 Å². The maximum absolute atomic E-state index is 11.9. The molecule has 1 heterocycles. The van der Waals surface area contributed by atoms with Gasteiger partial charge in [-0.1, -0.05) is 19.8 Å². The van der Waals surface area contributed by atoms with E-state index in [-0.39, 0.29) is 5.97 Å². The molecule has 0 aliphatic heterocycles. The second-order valence-electron chi connectivity index (χ2n) is 6.12. The Hall–Kier alpha value is -1.36. The van der Waals surface area contributed by atoms with Crippen LogP contribution >= 0.6 is 0 Å². The van der Waals surface area contributed by atoms with Crippen LogP contribution in [0.3, 0.4) is 0 Å². The minimum Gasteiger partial charge on any atom is -0.462 e. The highest BCUT2D eigenvalue weighted by Crippen LogP contribution is 2.28. The van der Waals surface area contributed by atoms with Crippen LogP contribution in [0, 0.1) is 11.8 Å². The third kappa shape index (κ3) is 4.30. The third-order valence-electron chi connectivity index (χ3n) is 4.33. The van der Waals surface area contributed by atoms with Crippen molar-refractivity contribution in [2.24, 2.45) is 18.9 Å². The molecular weight excluding hydrogens is 266 g/mol. The summed E-state index contributed by atoms with van der Waals surface area (Å²) in [6.07, 6.45) is 6.92. The van der Waals surface area contributed by atoms with Crippen molar-refractivity contribution in [3.63, 3.8) is 0 Å². The van der Waals surface area contributed by atoms with E-state index >= 15 is 0 Å². The molecular formula is C16H27N3O2. The smallest absolute Gasteiger partial charge is 0.341 e. The van der Waals surface area contributed by atoms with Gasteiger partial charge in [0.1, 0.15) is 5.56 Å². The summed E-state index contributed by atoms with van der Waals surface area (Å²) in [7, 11) is 1.86. The molecule has 1 fully saturated rings. The van der Waals surface area contributed by atoms with E-state index < -0.39 is 0 Å². The molecule has 2 unspecified atom stereocenters. The number of rotatable bonds is 6. The van der Waals surface area contributed by atoms with E-state index in [0.717, 1.165) is 24.1 Å². The molecule has 5 heteroatoms. The van der Waals surface area contributed by atoms with Crippen LogP contribution in [-0.4, -0.2) is 28.9 Å². The first-order valence-corrected chi connectivity index (χ1v) is 8.00. The number of esters is 1. The summed E-state index contributed by atoms with van der Waals surface area (Å²) in [4.78, 5) is 11.9. The van der Waals surface area contributed by atoms with E-state index in [9.17, 15) is 4.79 Å². The number of nitrogens with zero attached hydrogens (tertiary/aromatic N) is 2. The standard InChI is InChI=1S/C16H27N3O2/c1-4-21-16(20)14-10-18-19(3)15(14)11-17-9-13-7-5-6-12(2)8-13/h10,12-13,17H,4-9,11H2,1-3H3. The Morgan fingerprint density at radius 1 is 1.52 bits per heavy atom. The van der Waals surface area contributed by atoms with Crippen molar-refractivity contribution in [2.45, 2.75) is 46.1 Å². The third-order valence-corrected chi connectivity index (χ3v) is 4.33. The lowest BCUT2D eigenvalue weighted by molar-refractivity contribution is 0.0524. The SMILES string of the molecule is CCOC(=O)c1cnn(C)c1CNCC1CCCC(C)C1. The zero-order valence-corrected chi connectivity index (χ0v) is 13.4. The predicted octanol–water partition coefficient (Wildman–Crippen LogP) is 2.51. The van der Waals surface area contributed by atoms with Crippen LogP contribution in [0.2, 0.25) is 0 Å². The van der Waals surface area contributed by atoms with Gasteiger partial charge >= 0.3 is 5.97 Å². The molecule has 1 aromatic heterocycles. The number of hydrogen-bond acceptors (Lipinski definition) is 4. The summed E-state index contributed by atoms with van der Waals surface area (Å²) in [5, 5.41) is 7.66. The molecule has 21 heavy (non-hydrogen) atoms. The molecule has 1 aliphatic carbocycles. The summed E-state index contributed by atoms with van der Waals surface area (Å²) < 4.78 is 6.82. The molecule has 2 rings (SSSR count). The Morgan fingerprint density at radius 3 is 3.05 bits per heavy atom. The van der Waals surface area contributed by atoms with E-state index in [2.05, 4.69) is 17.3 Å². The van der Waals surface area contributed by atoms with Gasteiger partial charge in [0.15, 0.2) is 0 Å². The Labute approximate surface area is 127 Å². The fourth-order valence-corrected chi connectivity index (χ4v) is 3.19. The van der Waals surface area contributed by atoms with Crippen molar-refractivity contribution in [2.75, 3.05) is 13.2 Å². The van der Waals surface area contributed by atoms with Gasteiger partial charge < -0.3 is 10.1 Å². The number of nitrogens with one attached hydrogen (secondary N) is 1. The van der Waals surface area contributed by atoms with Crippen molar-refractivity contribution >= 4 is 5.97 Å². The van der Waals surface area contributed by atoms with Gasteiger partial charge in [0.2, 0.25) is 0 Å². The lowest BCUT2D eigenvalue weighted by atomic mass is 9.82. The topological polar surface area (TPSA) is 56.1 Å². The normalized spacial score (nSPS) is 22.2. The highest BCUT2D eigenvalue weighted by Gasteiger charge is 2.20. The van der Waals surface area contributed by atoms with Gasteiger partial charge in [-0.2, -0.15) is 5.10 Å². The summed E-state index contributed by atoms with van der Waals surface area (Å²) in [6.45, 7) is 6.22. The number of carbonyl (C=O) groups is 1. The van der Waals surface area contributed by atoms with Gasteiger partial charge in [-0.25, -0.2) is 4.79 Å². The van der Waals surface area contributed by atoms with Crippen LogP contribution in [-0.2, 0) is 18.3 Å². The van der Waals surface area contributed by atoms with Crippen LogP contribution in [0.4, 0.5) is 0 Å². The largest absolute Gasteiger partial charge is 0.462 e. The lowest BCUT2D eigenvalue weighted by Crippen LogP contribution is -2.27. The van der Waals surface area contributed by atoms with Crippen LogP contribution in [0.5, 0.6) is 0 Å². The molecule has 0 amide bonds. The molecule has 1 aliphatic rings. The summed E-state index contributed by atoms with van der Waals surface area (Å²) in [5.74, 6) is 1.32. The van der Waals surface area contributed by atoms with E-state index in [4.69, 9.17) is 4.74 Å².